The molecule has 1 N–H and O–H groups in total. The zero-order valence-corrected chi connectivity index (χ0v) is 21.8. The second-order valence-electron chi connectivity index (χ2n) is 9.61. The van der Waals surface area contributed by atoms with Crippen LogP contribution in [0.3, 0.4) is 0 Å². The Morgan fingerprint density at radius 2 is 1.78 bits per heavy atom. The Morgan fingerprint density at radius 3 is 2.46 bits per heavy atom. The van der Waals surface area contributed by atoms with Crippen LogP contribution in [0.15, 0.2) is 54.6 Å². The molecule has 1 saturated heterocycles. The summed E-state index contributed by atoms with van der Waals surface area (Å²) in [5, 5.41) is 2.76. The number of nitrogens with zero attached hydrogens (tertiary/aromatic N) is 2. The van der Waals surface area contributed by atoms with Gasteiger partial charge in [0.15, 0.2) is 0 Å². The molecule has 3 aromatic rings. The lowest BCUT2D eigenvalue weighted by Crippen LogP contribution is -2.40. The van der Waals surface area contributed by atoms with E-state index in [1.807, 2.05) is 0 Å². The summed E-state index contributed by atoms with van der Waals surface area (Å²) in [6.07, 6.45) is -8.22. The quantitative estimate of drug-likeness (QED) is 0.343. The van der Waals surface area contributed by atoms with Crippen LogP contribution in [-0.2, 0) is 23.8 Å². The van der Waals surface area contributed by atoms with Crippen LogP contribution in [-0.4, -0.2) is 55.4 Å². The first kappa shape index (κ1) is 28.5. The van der Waals surface area contributed by atoms with E-state index in [1.54, 1.807) is 23.1 Å². The highest BCUT2D eigenvalue weighted by atomic mass is 19.4. The molecule has 216 valence electrons. The fourth-order valence-corrected chi connectivity index (χ4v) is 4.95. The van der Waals surface area contributed by atoms with Gasteiger partial charge in [0, 0.05) is 54.0 Å². The van der Waals surface area contributed by atoms with Gasteiger partial charge in [0.05, 0.1) is 42.8 Å². The summed E-state index contributed by atoms with van der Waals surface area (Å²) >= 11 is 0. The van der Waals surface area contributed by atoms with Crippen molar-refractivity contribution in [1.29, 1.82) is 0 Å². The lowest BCUT2D eigenvalue weighted by molar-refractivity contribution is -0.137. The minimum atomic E-state index is -4.68. The molecule has 12 heteroatoms. The Hall–Kier alpha value is -4.06. The third-order valence-electron chi connectivity index (χ3n) is 6.89. The van der Waals surface area contributed by atoms with Crippen molar-refractivity contribution in [1.82, 2.24) is 9.88 Å². The number of hydrogen-bond donors (Lipinski definition) is 1. The summed E-state index contributed by atoms with van der Waals surface area (Å²) in [7, 11) is 1.44. The number of rotatable bonds is 6. The molecule has 41 heavy (non-hydrogen) atoms. The van der Waals surface area contributed by atoms with Gasteiger partial charge in [0.1, 0.15) is 5.75 Å². The molecule has 0 saturated carbocycles. The highest BCUT2D eigenvalue weighted by molar-refractivity contribution is 5.95. The molecule has 1 aliphatic carbocycles. The number of nitrogens with one attached hydrogen (secondary N) is 1. The molecule has 1 fully saturated rings. The van der Waals surface area contributed by atoms with Crippen molar-refractivity contribution in [2.75, 3.05) is 38.7 Å². The number of morpholine rings is 1. The largest absolute Gasteiger partial charge is 0.496 e. The molecule has 0 bridgehead atoms. The van der Waals surface area contributed by atoms with Crippen molar-refractivity contribution in [3.05, 3.63) is 88.2 Å². The number of hydrogen-bond acceptors (Lipinski definition) is 5. The van der Waals surface area contributed by atoms with Gasteiger partial charge in [-0.05, 0) is 36.4 Å². The molecule has 2 heterocycles. The molecule has 1 amide bonds. The Bertz CT molecular complexity index is 1490. The van der Waals surface area contributed by atoms with Gasteiger partial charge in [0.25, 0.3) is 5.91 Å². The molecule has 0 spiro atoms. The second-order valence-corrected chi connectivity index (χ2v) is 9.61. The molecule has 0 atom stereocenters. The normalized spacial score (nSPS) is 15.4. The highest BCUT2D eigenvalue weighted by Gasteiger charge is 2.40. The maximum Gasteiger partial charge on any atom is 0.416 e. The second kappa shape index (κ2) is 11.1. The Labute approximate surface area is 231 Å². The lowest BCUT2D eigenvalue weighted by Gasteiger charge is -2.27. The predicted molar refractivity (Wildman–Crippen MR) is 139 cm³/mol. The van der Waals surface area contributed by atoms with Crippen LogP contribution in [0.1, 0.15) is 38.4 Å². The summed E-state index contributed by atoms with van der Waals surface area (Å²) < 4.78 is 92.1. The first-order valence-electron chi connectivity index (χ1n) is 12.7. The number of aromatic nitrogens is 1. The predicted octanol–water partition coefficient (Wildman–Crippen LogP) is 6.42. The van der Waals surface area contributed by atoms with Crippen LogP contribution in [0.2, 0.25) is 0 Å². The Balaban J connectivity index is 1.49. The van der Waals surface area contributed by atoms with Crippen LogP contribution in [0.25, 0.3) is 5.57 Å². The number of fused-ring (bicyclic) bond motifs is 1. The zero-order valence-electron chi connectivity index (χ0n) is 21.8. The maximum atomic E-state index is 13.8. The number of pyridine rings is 1. The number of alkyl halides is 6. The first-order chi connectivity index (χ1) is 19.4. The topological polar surface area (TPSA) is 63.7 Å². The van der Waals surface area contributed by atoms with E-state index in [-0.39, 0.29) is 41.4 Å². The standard InChI is InChI=1S/C29H25F6N3O3/c1-40-25-14-18(27(39)38-9-11-41-12-10-38)6-5-17(25)13-21-16-24(26-22(29(33,34)35)7-8-23(26)37-21)36-20-4-2-3-19(15-20)28(30,31)32/h2-7,14-16H,8-13H2,1H3,(H,36,37). The van der Waals surface area contributed by atoms with Gasteiger partial charge in [-0.15, -0.1) is 0 Å². The molecule has 5 rings (SSSR count). The minimum absolute atomic E-state index is 0.0107. The van der Waals surface area contributed by atoms with Crippen LogP contribution < -0.4 is 10.1 Å². The molecular weight excluding hydrogens is 552 g/mol. The van der Waals surface area contributed by atoms with E-state index in [9.17, 15) is 31.1 Å². The summed E-state index contributed by atoms with van der Waals surface area (Å²) in [5.41, 5.74) is -0.480. The smallest absolute Gasteiger partial charge is 0.416 e. The van der Waals surface area contributed by atoms with Gasteiger partial charge in [-0.1, -0.05) is 18.2 Å². The number of benzene rings is 2. The molecule has 0 unspecified atom stereocenters. The number of ether oxygens (including phenoxy) is 2. The van der Waals surface area contributed by atoms with E-state index in [4.69, 9.17) is 9.47 Å². The van der Waals surface area contributed by atoms with Crippen molar-refractivity contribution in [2.45, 2.75) is 25.2 Å². The molecule has 0 radical (unpaired) electrons. The van der Waals surface area contributed by atoms with Gasteiger partial charge in [-0.3, -0.25) is 9.78 Å². The number of methoxy groups -OCH3 is 1. The third kappa shape index (κ3) is 6.17. The van der Waals surface area contributed by atoms with Gasteiger partial charge >= 0.3 is 12.4 Å². The summed E-state index contributed by atoms with van der Waals surface area (Å²) in [4.78, 5) is 19.0. The van der Waals surface area contributed by atoms with Gasteiger partial charge in [-0.2, -0.15) is 26.3 Å². The van der Waals surface area contributed by atoms with Gasteiger partial charge in [-0.25, -0.2) is 0 Å². The fourth-order valence-electron chi connectivity index (χ4n) is 4.95. The van der Waals surface area contributed by atoms with Crippen molar-refractivity contribution < 1.29 is 40.6 Å². The summed E-state index contributed by atoms with van der Waals surface area (Å²) in [5.74, 6) is 0.222. The van der Waals surface area contributed by atoms with Crippen LogP contribution in [0.5, 0.6) is 5.75 Å². The molecule has 6 nitrogen and oxygen atoms in total. The van der Waals surface area contributed by atoms with Crippen molar-refractivity contribution in [3.8, 4) is 5.75 Å². The molecule has 2 aromatic carbocycles. The summed E-state index contributed by atoms with van der Waals surface area (Å²) in [6.45, 7) is 1.84. The average molecular weight is 578 g/mol. The van der Waals surface area contributed by atoms with Gasteiger partial charge < -0.3 is 19.7 Å². The van der Waals surface area contributed by atoms with E-state index in [2.05, 4.69) is 10.3 Å². The average Bonchev–Trinajstić information content (AvgIpc) is 3.38. The minimum Gasteiger partial charge on any atom is -0.496 e. The monoisotopic (exact) mass is 577 g/mol. The summed E-state index contributed by atoms with van der Waals surface area (Å²) in [6, 6.07) is 10.6. The number of halogens is 6. The number of carbonyl (C=O) groups excluding carboxylic acids is 1. The van der Waals surface area contributed by atoms with Crippen LogP contribution >= 0.6 is 0 Å². The lowest BCUT2D eigenvalue weighted by atomic mass is 10.0. The highest BCUT2D eigenvalue weighted by Crippen LogP contribution is 2.44. The van der Waals surface area contributed by atoms with E-state index in [0.29, 0.717) is 48.9 Å². The molecular formula is C29H25F6N3O3. The first-order valence-corrected chi connectivity index (χ1v) is 12.7. The van der Waals surface area contributed by atoms with Crippen molar-refractivity contribution in [3.63, 3.8) is 0 Å². The zero-order chi connectivity index (χ0) is 29.4. The van der Waals surface area contributed by atoms with E-state index in [0.717, 1.165) is 18.2 Å². The van der Waals surface area contributed by atoms with Crippen LogP contribution in [0, 0.1) is 0 Å². The maximum absolute atomic E-state index is 13.8. The SMILES string of the molecule is COc1cc(C(=O)N2CCOCC2)ccc1Cc1cc(Nc2cccc(C(F)(F)F)c2)c2c(n1)CC=C2C(F)(F)F. The van der Waals surface area contributed by atoms with E-state index in [1.165, 1.54) is 25.3 Å². The molecule has 1 aliphatic heterocycles. The number of carbonyl (C=O) groups is 1. The molecule has 1 aromatic heterocycles. The Kier molecular flexibility index (Phi) is 7.69. The number of allylic oxidation sites excluding steroid dienone is 2. The number of amides is 1. The number of anilines is 2. The van der Waals surface area contributed by atoms with Crippen molar-refractivity contribution >= 4 is 22.9 Å². The van der Waals surface area contributed by atoms with Gasteiger partial charge in [0.2, 0.25) is 0 Å². The Morgan fingerprint density at radius 1 is 1.02 bits per heavy atom. The van der Waals surface area contributed by atoms with E-state index >= 15 is 0 Å². The van der Waals surface area contributed by atoms with Crippen LogP contribution in [0.4, 0.5) is 37.7 Å². The fraction of sp³-hybridized carbons (Fsp3) is 0.310. The third-order valence-corrected chi connectivity index (χ3v) is 6.89. The van der Waals surface area contributed by atoms with E-state index < -0.39 is 23.5 Å². The van der Waals surface area contributed by atoms with Crippen molar-refractivity contribution in [2.24, 2.45) is 0 Å². The molecule has 2 aliphatic rings.